The highest BCUT2D eigenvalue weighted by atomic mass is 16.3. The Kier molecular flexibility index (Phi) is 3.69. The van der Waals surface area contributed by atoms with Crippen LogP contribution in [0.2, 0.25) is 0 Å². The fourth-order valence-electron chi connectivity index (χ4n) is 2.61. The summed E-state index contributed by atoms with van der Waals surface area (Å²) in [5.74, 6) is 0.277. The molecule has 94 valence electrons. The minimum absolute atomic E-state index is 0.277. The maximum absolute atomic E-state index is 10.5. The zero-order chi connectivity index (χ0) is 12.3. The summed E-state index contributed by atoms with van der Waals surface area (Å²) in [6.07, 6.45) is 4.44. The monoisotopic (exact) mass is 235 g/mol. The normalized spacial score (nSPS) is 29.2. The SMILES string of the molecule is CNC1CCC(O)(Cc2ccc(O)cc2)CC1. The number of aliphatic hydroxyl groups is 1. The number of phenols is 1. The van der Waals surface area contributed by atoms with E-state index in [0.29, 0.717) is 12.5 Å². The van der Waals surface area contributed by atoms with Crippen LogP contribution in [0.1, 0.15) is 31.2 Å². The van der Waals surface area contributed by atoms with E-state index in [1.54, 1.807) is 12.1 Å². The lowest BCUT2D eigenvalue weighted by Gasteiger charge is -2.36. The van der Waals surface area contributed by atoms with Crippen molar-refractivity contribution in [3.05, 3.63) is 29.8 Å². The minimum Gasteiger partial charge on any atom is -0.508 e. The number of aromatic hydroxyl groups is 1. The van der Waals surface area contributed by atoms with Gasteiger partial charge in [-0.25, -0.2) is 0 Å². The van der Waals surface area contributed by atoms with Crippen molar-refractivity contribution < 1.29 is 10.2 Å². The molecule has 0 radical (unpaired) electrons. The summed E-state index contributed by atoms with van der Waals surface area (Å²) in [6, 6.07) is 7.68. The van der Waals surface area contributed by atoms with E-state index in [-0.39, 0.29) is 5.75 Å². The fraction of sp³-hybridized carbons (Fsp3) is 0.571. The van der Waals surface area contributed by atoms with Crippen molar-refractivity contribution in [3.63, 3.8) is 0 Å². The Balaban J connectivity index is 1.96. The largest absolute Gasteiger partial charge is 0.508 e. The molecule has 1 aliphatic rings. The van der Waals surface area contributed by atoms with Gasteiger partial charge in [0.25, 0.3) is 0 Å². The molecule has 1 saturated carbocycles. The molecular formula is C14H21NO2. The maximum atomic E-state index is 10.5. The lowest BCUT2D eigenvalue weighted by atomic mass is 9.78. The number of benzene rings is 1. The van der Waals surface area contributed by atoms with Crippen molar-refractivity contribution in [2.45, 2.75) is 43.7 Å². The van der Waals surface area contributed by atoms with Crippen LogP contribution in [0, 0.1) is 0 Å². The van der Waals surface area contributed by atoms with Gasteiger partial charge in [-0.3, -0.25) is 0 Å². The van der Waals surface area contributed by atoms with E-state index in [0.717, 1.165) is 31.2 Å². The Labute approximate surface area is 102 Å². The van der Waals surface area contributed by atoms with E-state index >= 15 is 0 Å². The van der Waals surface area contributed by atoms with Crippen molar-refractivity contribution in [3.8, 4) is 5.75 Å². The number of phenolic OH excluding ortho intramolecular Hbond substituents is 1. The molecule has 0 saturated heterocycles. The Hall–Kier alpha value is -1.06. The van der Waals surface area contributed by atoms with Gasteiger partial charge < -0.3 is 15.5 Å². The van der Waals surface area contributed by atoms with Gasteiger partial charge in [-0.15, -0.1) is 0 Å². The van der Waals surface area contributed by atoms with E-state index in [4.69, 9.17) is 0 Å². The van der Waals surface area contributed by atoms with Crippen LogP contribution >= 0.6 is 0 Å². The summed E-state index contributed by atoms with van der Waals surface area (Å²) >= 11 is 0. The van der Waals surface area contributed by atoms with Crippen LogP contribution in [-0.4, -0.2) is 28.9 Å². The zero-order valence-electron chi connectivity index (χ0n) is 10.3. The van der Waals surface area contributed by atoms with Crippen LogP contribution in [0.4, 0.5) is 0 Å². The van der Waals surface area contributed by atoms with Crippen molar-refractivity contribution in [2.75, 3.05) is 7.05 Å². The van der Waals surface area contributed by atoms with E-state index in [1.165, 1.54) is 0 Å². The second-order valence-corrected chi connectivity index (χ2v) is 5.13. The van der Waals surface area contributed by atoms with E-state index in [9.17, 15) is 10.2 Å². The quantitative estimate of drug-likeness (QED) is 0.749. The highest BCUT2D eigenvalue weighted by Gasteiger charge is 2.32. The topological polar surface area (TPSA) is 52.5 Å². The third-order valence-electron chi connectivity index (χ3n) is 3.79. The second kappa shape index (κ2) is 5.07. The van der Waals surface area contributed by atoms with E-state index in [1.807, 2.05) is 19.2 Å². The highest BCUT2D eigenvalue weighted by Crippen LogP contribution is 2.31. The molecule has 0 heterocycles. The third kappa shape index (κ3) is 3.20. The summed E-state index contributed by atoms with van der Waals surface area (Å²) in [7, 11) is 1.98. The predicted octanol–water partition coefficient (Wildman–Crippen LogP) is 1.83. The molecule has 0 amide bonds. The van der Waals surface area contributed by atoms with Crippen LogP contribution in [0.5, 0.6) is 5.75 Å². The molecule has 3 heteroatoms. The molecule has 1 aliphatic carbocycles. The molecule has 3 N–H and O–H groups in total. The molecule has 0 aliphatic heterocycles. The molecule has 3 nitrogen and oxygen atoms in total. The first kappa shape index (κ1) is 12.4. The van der Waals surface area contributed by atoms with Gasteiger partial charge in [-0.05, 0) is 50.4 Å². The average Bonchev–Trinajstić information content (AvgIpc) is 2.33. The van der Waals surface area contributed by atoms with Crippen molar-refractivity contribution in [1.82, 2.24) is 5.32 Å². The Bertz CT molecular complexity index is 353. The molecule has 17 heavy (non-hydrogen) atoms. The molecule has 0 atom stereocenters. The predicted molar refractivity (Wildman–Crippen MR) is 68.1 cm³/mol. The Morgan fingerprint density at radius 3 is 2.35 bits per heavy atom. The van der Waals surface area contributed by atoms with Gasteiger partial charge in [0.1, 0.15) is 5.75 Å². The first-order chi connectivity index (χ1) is 8.11. The summed E-state index contributed by atoms with van der Waals surface area (Å²) in [5, 5.41) is 23.0. The molecule has 0 bridgehead atoms. The summed E-state index contributed by atoms with van der Waals surface area (Å²) in [4.78, 5) is 0. The number of nitrogens with one attached hydrogen (secondary N) is 1. The van der Waals surface area contributed by atoms with Crippen molar-refractivity contribution >= 4 is 0 Å². The van der Waals surface area contributed by atoms with Crippen LogP contribution in [0.25, 0.3) is 0 Å². The third-order valence-corrected chi connectivity index (χ3v) is 3.79. The fourth-order valence-corrected chi connectivity index (χ4v) is 2.61. The van der Waals surface area contributed by atoms with Gasteiger partial charge >= 0.3 is 0 Å². The summed E-state index contributed by atoms with van der Waals surface area (Å²) in [5.41, 5.74) is 0.526. The highest BCUT2D eigenvalue weighted by molar-refractivity contribution is 5.27. The molecule has 0 unspecified atom stereocenters. The van der Waals surface area contributed by atoms with Crippen LogP contribution in [0.15, 0.2) is 24.3 Å². The van der Waals surface area contributed by atoms with E-state index in [2.05, 4.69) is 5.32 Å². The molecule has 1 aromatic carbocycles. The maximum Gasteiger partial charge on any atom is 0.115 e. The molecule has 0 spiro atoms. The Morgan fingerprint density at radius 1 is 1.24 bits per heavy atom. The van der Waals surface area contributed by atoms with Crippen molar-refractivity contribution in [1.29, 1.82) is 0 Å². The first-order valence-corrected chi connectivity index (χ1v) is 6.29. The second-order valence-electron chi connectivity index (χ2n) is 5.13. The number of hydrogen-bond acceptors (Lipinski definition) is 3. The summed E-state index contributed by atoms with van der Waals surface area (Å²) < 4.78 is 0. The lowest BCUT2D eigenvalue weighted by molar-refractivity contribution is -0.00243. The van der Waals surface area contributed by atoms with Gasteiger partial charge in [0, 0.05) is 12.5 Å². The van der Waals surface area contributed by atoms with Gasteiger partial charge in [0.15, 0.2) is 0 Å². The molecular weight excluding hydrogens is 214 g/mol. The van der Waals surface area contributed by atoms with E-state index < -0.39 is 5.60 Å². The molecule has 1 aromatic rings. The van der Waals surface area contributed by atoms with Gasteiger partial charge in [-0.2, -0.15) is 0 Å². The van der Waals surface area contributed by atoms with Crippen LogP contribution in [-0.2, 0) is 6.42 Å². The lowest BCUT2D eigenvalue weighted by Crippen LogP contribution is -2.41. The molecule has 0 aromatic heterocycles. The molecule has 1 fully saturated rings. The zero-order valence-corrected chi connectivity index (χ0v) is 10.3. The van der Waals surface area contributed by atoms with Gasteiger partial charge in [0.05, 0.1) is 5.60 Å². The van der Waals surface area contributed by atoms with Gasteiger partial charge in [-0.1, -0.05) is 12.1 Å². The average molecular weight is 235 g/mol. The summed E-state index contributed by atoms with van der Waals surface area (Å²) in [6.45, 7) is 0. The Morgan fingerprint density at radius 2 is 1.82 bits per heavy atom. The minimum atomic E-state index is -0.565. The molecule has 2 rings (SSSR count). The standard InChI is InChI=1S/C14H21NO2/c1-15-12-6-8-14(17,9-7-12)10-11-2-4-13(16)5-3-11/h2-5,12,15-17H,6-10H2,1H3. The van der Waals surface area contributed by atoms with Crippen LogP contribution < -0.4 is 5.32 Å². The van der Waals surface area contributed by atoms with Crippen molar-refractivity contribution in [2.24, 2.45) is 0 Å². The number of hydrogen-bond donors (Lipinski definition) is 3. The smallest absolute Gasteiger partial charge is 0.115 e. The van der Waals surface area contributed by atoms with Gasteiger partial charge in [0.2, 0.25) is 0 Å². The number of rotatable bonds is 3. The first-order valence-electron chi connectivity index (χ1n) is 6.29. The van der Waals surface area contributed by atoms with Crippen LogP contribution in [0.3, 0.4) is 0 Å².